The summed E-state index contributed by atoms with van der Waals surface area (Å²) in [6.45, 7) is 0.387. The van der Waals surface area contributed by atoms with Gasteiger partial charge in [0.1, 0.15) is 18.1 Å². The minimum Gasteiger partial charge on any atom is -0.469 e. The summed E-state index contributed by atoms with van der Waals surface area (Å²) in [6.07, 6.45) is 1.04. The Morgan fingerprint density at radius 2 is 1.37 bits per heavy atom. The molecule has 0 aliphatic rings. The van der Waals surface area contributed by atoms with Crippen LogP contribution >= 0.6 is 0 Å². The van der Waals surface area contributed by atoms with E-state index in [1.165, 1.54) is 0 Å². The van der Waals surface area contributed by atoms with Crippen molar-refractivity contribution in [3.05, 3.63) is 71.8 Å². The normalized spacial score (nSPS) is 12.9. The molecule has 0 saturated heterocycles. The van der Waals surface area contributed by atoms with Gasteiger partial charge in [-0.2, -0.15) is 0 Å². The van der Waals surface area contributed by atoms with E-state index in [9.17, 15) is 24.0 Å². The van der Waals surface area contributed by atoms with Gasteiger partial charge < -0.3 is 32.2 Å². The molecule has 204 valence electrons. The lowest BCUT2D eigenvalue weighted by Gasteiger charge is -2.25. The molecule has 3 atom stereocenters. The van der Waals surface area contributed by atoms with Gasteiger partial charge in [0.2, 0.25) is 17.7 Å². The van der Waals surface area contributed by atoms with E-state index in [4.69, 9.17) is 11.5 Å². The Kier molecular flexibility index (Phi) is 12.4. The van der Waals surface area contributed by atoms with Crippen LogP contribution < -0.4 is 27.4 Å². The highest BCUT2D eigenvalue weighted by Gasteiger charge is 2.30. The first-order chi connectivity index (χ1) is 18.2. The Balaban J connectivity index is 2.23. The Labute approximate surface area is 221 Å². The maximum absolute atomic E-state index is 13.4. The fourth-order valence-corrected chi connectivity index (χ4v) is 3.67. The molecule has 0 saturated carbocycles. The Morgan fingerprint density at radius 3 is 1.95 bits per heavy atom. The van der Waals surface area contributed by atoms with Gasteiger partial charge >= 0.3 is 5.97 Å². The van der Waals surface area contributed by atoms with Gasteiger partial charge in [0, 0.05) is 12.0 Å². The highest BCUT2D eigenvalue weighted by molar-refractivity contribution is 5.99. The maximum atomic E-state index is 13.4. The van der Waals surface area contributed by atoms with Crippen molar-refractivity contribution in [2.24, 2.45) is 11.5 Å². The van der Waals surface area contributed by atoms with Crippen LogP contribution in [0.5, 0.6) is 0 Å². The molecule has 4 amide bonds. The molecule has 0 heterocycles. The third-order valence-corrected chi connectivity index (χ3v) is 5.78. The monoisotopic (exact) mass is 525 g/mol. The molecule has 2 aromatic carbocycles. The molecule has 0 aliphatic heterocycles. The number of amides is 4. The van der Waals surface area contributed by atoms with E-state index in [0.717, 1.165) is 12.7 Å². The number of hydrogen-bond donors (Lipinski definition) is 5. The number of carbonyl (C=O) groups excluding carboxylic acids is 5. The van der Waals surface area contributed by atoms with E-state index in [1.807, 2.05) is 30.3 Å². The lowest BCUT2D eigenvalue weighted by Crippen LogP contribution is -2.57. The van der Waals surface area contributed by atoms with E-state index < -0.39 is 54.1 Å². The van der Waals surface area contributed by atoms with Crippen molar-refractivity contribution in [1.29, 1.82) is 0 Å². The second-order valence-corrected chi connectivity index (χ2v) is 8.67. The molecule has 11 nitrogen and oxygen atoms in total. The topological polar surface area (TPSA) is 183 Å². The first-order valence-electron chi connectivity index (χ1n) is 12.3. The summed E-state index contributed by atoms with van der Waals surface area (Å²) in [5.74, 6) is -3.39. The fraction of sp³-hybridized carbons (Fsp3) is 0.370. The molecule has 0 aromatic heterocycles. The van der Waals surface area contributed by atoms with E-state index in [1.54, 1.807) is 30.3 Å². The lowest BCUT2D eigenvalue weighted by molar-refractivity contribution is -0.143. The molecule has 0 spiro atoms. The van der Waals surface area contributed by atoms with Gasteiger partial charge in [-0.15, -0.1) is 0 Å². The second-order valence-electron chi connectivity index (χ2n) is 8.67. The molecule has 0 fully saturated rings. The highest BCUT2D eigenvalue weighted by Crippen LogP contribution is 2.08. The van der Waals surface area contributed by atoms with Crippen LogP contribution in [0.3, 0.4) is 0 Å². The van der Waals surface area contributed by atoms with Gasteiger partial charge in [-0.25, -0.2) is 0 Å². The van der Waals surface area contributed by atoms with Crippen molar-refractivity contribution in [3.8, 4) is 0 Å². The average Bonchev–Trinajstić information content (AvgIpc) is 2.92. The molecule has 2 rings (SSSR count). The standard InChI is InChI=1S/C27H35N5O6/c1-38-23(33)17-21(24(29)34)31-26(36)20(14-8-9-15-28)30-27(37)22(16-18-10-4-2-5-11-18)32-25(35)19-12-6-3-7-13-19/h2-7,10-13,20-22H,8-9,14-17,28H2,1H3,(H2,29,34)(H,30,37)(H,31,36)(H,32,35)/t20-,21-,22-/m0/s1. The molecule has 2 aromatic rings. The number of benzene rings is 2. The third-order valence-electron chi connectivity index (χ3n) is 5.78. The number of nitrogens with one attached hydrogen (secondary N) is 3. The first-order valence-corrected chi connectivity index (χ1v) is 12.3. The highest BCUT2D eigenvalue weighted by atomic mass is 16.5. The van der Waals surface area contributed by atoms with Crippen LogP contribution in [-0.4, -0.2) is 61.4 Å². The van der Waals surface area contributed by atoms with Crippen molar-refractivity contribution in [2.75, 3.05) is 13.7 Å². The van der Waals surface area contributed by atoms with Crippen molar-refractivity contribution in [1.82, 2.24) is 16.0 Å². The van der Waals surface area contributed by atoms with Gasteiger partial charge in [0.25, 0.3) is 5.91 Å². The van der Waals surface area contributed by atoms with E-state index in [-0.39, 0.29) is 12.8 Å². The van der Waals surface area contributed by atoms with Gasteiger partial charge in [-0.3, -0.25) is 24.0 Å². The SMILES string of the molecule is COC(=O)C[C@H](NC(=O)[C@H](CCCCN)NC(=O)[C@H](Cc1ccccc1)NC(=O)c1ccccc1)C(N)=O. The Hall–Kier alpha value is -4.25. The van der Waals surface area contributed by atoms with Crippen LogP contribution in [0, 0.1) is 0 Å². The molecule has 7 N–H and O–H groups in total. The van der Waals surface area contributed by atoms with Crippen molar-refractivity contribution in [2.45, 2.75) is 50.2 Å². The van der Waals surface area contributed by atoms with Crippen LogP contribution in [0.25, 0.3) is 0 Å². The number of esters is 1. The van der Waals surface area contributed by atoms with Crippen LogP contribution in [0.15, 0.2) is 60.7 Å². The zero-order valence-electron chi connectivity index (χ0n) is 21.4. The number of ether oxygens (including phenoxy) is 1. The van der Waals surface area contributed by atoms with Crippen LogP contribution in [0.4, 0.5) is 0 Å². The summed E-state index contributed by atoms with van der Waals surface area (Å²) in [4.78, 5) is 62.8. The number of carbonyl (C=O) groups is 5. The number of nitrogens with two attached hydrogens (primary N) is 2. The Morgan fingerprint density at radius 1 is 0.789 bits per heavy atom. The molecule has 0 radical (unpaired) electrons. The number of methoxy groups -OCH3 is 1. The van der Waals surface area contributed by atoms with Crippen molar-refractivity contribution < 1.29 is 28.7 Å². The first kappa shape index (κ1) is 30.0. The molecule has 0 aliphatic carbocycles. The molecular weight excluding hydrogens is 490 g/mol. The van der Waals surface area contributed by atoms with Crippen LogP contribution in [0.1, 0.15) is 41.6 Å². The minimum absolute atomic E-state index is 0.175. The number of unbranched alkanes of at least 4 members (excludes halogenated alkanes) is 1. The van der Waals surface area contributed by atoms with Crippen LogP contribution in [0.2, 0.25) is 0 Å². The second kappa shape index (κ2) is 15.8. The van der Waals surface area contributed by atoms with Gasteiger partial charge in [-0.05, 0) is 43.5 Å². The molecule has 0 unspecified atom stereocenters. The predicted octanol–water partition coefficient (Wildman–Crippen LogP) is 0.175. The maximum Gasteiger partial charge on any atom is 0.308 e. The summed E-state index contributed by atoms with van der Waals surface area (Å²) >= 11 is 0. The van der Waals surface area contributed by atoms with E-state index in [0.29, 0.717) is 24.9 Å². The largest absolute Gasteiger partial charge is 0.469 e. The smallest absolute Gasteiger partial charge is 0.308 e. The van der Waals surface area contributed by atoms with Gasteiger partial charge in [0.05, 0.1) is 13.5 Å². The average molecular weight is 526 g/mol. The molecular formula is C27H35N5O6. The molecule has 0 bridgehead atoms. The minimum atomic E-state index is -1.32. The Bertz CT molecular complexity index is 1080. The lowest BCUT2D eigenvalue weighted by atomic mass is 10.0. The van der Waals surface area contributed by atoms with Crippen LogP contribution in [-0.2, 0) is 30.3 Å². The summed E-state index contributed by atoms with van der Waals surface area (Å²) in [7, 11) is 1.15. The van der Waals surface area contributed by atoms with Gasteiger partial charge in [0.15, 0.2) is 0 Å². The quantitative estimate of drug-likeness (QED) is 0.162. The fourth-order valence-electron chi connectivity index (χ4n) is 3.67. The van der Waals surface area contributed by atoms with Crippen molar-refractivity contribution in [3.63, 3.8) is 0 Å². The third kappa shape index (κ3) is 10.0. The zero-order valence-corrected chi connectivity index (χ0v) is 21.4. The summed E-state index contributed by atoms with van der Waals surface area (Å²) in [6, 6.07) is 14.2. The van der Waals surface area contributed by atoms with Crippen molar-refractivity contribution >= 4 is 29.6 Å². The predicted molar refractivity (Wildman–Crippen MR) is 140 cm³/mol. The summed E-state index contributed by atoms with van der Waals surface area (Å²) in [5.41, 5.74) is 12.1. The van der Waals surface area contributed by atoms with E-state index >= 15 is 0 Å². The number of hydrogen-bond acceptors (Lipinski definition) is 7. The van der Waals surface area contributed by atoms with Gasteiger partial charge in [-0.1, -0.05) is 48.5 Å². The molecule has 11 heteroatoms. The van der Waals surface area contributed by atoms with E-state index in [2.05, 4.69) is 20.7 Å². The number of primary amides is 1. The summed E-state index contributed by atoms with van der Waals surface area (Å²) in [5, 5.41) is 7.86. The number of rotatable bonds is 15. The molecule has 38 heavy (non-hydrogen) atoms. The summed E-state index contributed by atoms with van der Waals surface area (Å²) < 4.78 is 4.56. The zero-order chi connectivity index (χ0) is 27.9.